The van der Waals surface area contributed by atoms with Crippen molar-refractivity contribution in [3.8, 4) is 0 Å². The van der Waals surface area contributed by atoms with Gasteiger partial charge in [0.05, 0.1) is 6.54 Å². The Morgan fingerprint density at radius 3 is 2.79 bits per heavy atom. The van der Waals surface area contributed by atoms with Crippen LogP contribution in [-0.4, -0.2) is 45.0 Å². The molecule has 8 nitrogen and oxygen atoms in total. The van der Waals surface area contributed by atoms with Crippen LogP contribution in [0.4, 0.5) is 0 Å². The zero-order valence-electron chi connectivity index (χ0n) is 17.4. The third-order valence-corrected chi connectivity index (χ3v) is 5.16. The fraction of sp³-hybridized carbons (Fsp3) is 0.571. The molecule has 8 heteroatoms. The van der Waals surface area contributed by atoms with Gasteiger partial charge in [0.1, 0.15) is 11.4 Å². The molecule has 0 amide bonds. The molecule has 1 aliphatic heterocycles. The first kappa shape index (κ1) is 21.1. The molecule has 1 unspecified atom stereocenters. The Balaban J connectivity index is 1.52. The molecule has 0 bridgehead atoms. The summed E-state index contributed by atoms with van der Waals surface area (Å²) in [5, 5.41) is 21.7. The summed E-state index contributed by atoms with van der Waals surface area (Å²) in [6, 6.07) is 9.55. The normalized spacial score (nSPS) is 16.2. The average molecular weight is 401 g/mol. The van der Waals surface area contributed by atoms with Crippen LogP contribution >= 0.6 is 0 Å². The maximum Gasteiger partial charge on any atom is 0.345 e. The number of aryl methyl sites for hydroxylation is 2. The molecular weight excluding hydrogens is 368 g/mol. The molecule has 1 aromatic heterocycles. The summed E-state index contributed by atoms with van der Waals surface area (Å²) in [6.07, 6.45) is 3.80. The van der Waals surface area contributed by atoms with Gasteiger partial charge in [-0.1, -0.05) is 30.3 Å². The van der Waals surface area contributed by atoms with Gasteiger partial charge in [0.2, 0.25) is 0 Å². The molecule has 2 aromatic rings. The van der Waals surface area contributed by atoms with Gasteiger partial charge >= 0.3 is 5.69 Å². The van der Waals surface area contributed by atoms with Gasteiger partial charge in [0.25, 0.3) is 0 Å². The molecule has 0 saturated heterocycles. The number of hydrogen-bond donors (Lipinski definition) is 3. The quantitative estimate of drug-likeness (QED) is 0.352. The molecule has 0 fully saturated rings. The molecule has 0 radical (unpaired) electrons. The minimum atomic E-state index is -1.04. The standard InChI is InChI=1S/C21H32N6O2/c1-3-22-19(24-16-21(2,29)17-10-5-4-6-11-17)23-13-9-15-27-20(28)26-14-8-7-12-18(26)25-27/h4-6,10-11,29H,3,7-9,12-16H2,1-2H3,(H2,22,23,24). The summed E-state index contributed by atoms with van der Waals surface area (Å²) < 4.78 is 3.38. The van der Waals surface area contributed by atoms with Crippen molar-refractivity contribution in [1.29, 1.82) is 0 Å². The molecule has 158 valence electrons. The van der Waals surface area contributed by atoms with Crippen molar-refractivity contribution < 1.29 is 5.11 Å². The zero-order chi connectivity index (χ0) is 20.7. The van der Waals surface area contributed by atoms with Crippen LogP contribution in [-0.2, 0) is 25.1 Å². The lowest BCUT2D eigenvalue weighted by atomic mass is 9.96. The Morgan fingerprint density at radius 2 is 2.07 bits per heavy atom. The van der Waals surface area contributed by atoms with E-state index in [1.165, 1.54) is 0 Å². The van der Waals surface area contributed by atoms with Crippen LogP contribution in [0.3, 0.4) is 0 Å². The number of benzene rings is 1. The minimum absolute atomic E-state index is 0.000757. The number of nitrogens with one attached hydrogen (secondary N) is 2. The second-order valence-electron chi connectivity index (χ2n) is 7.65. The number of nitrogens with zero attached hydrogens (tertiary/aromatic N) is 4. The largest absolute Gasteiger partial charge is 0.384 e. The zero-order valence-corrected chi connectivity index (χ0v) is 17.4. The van der Waals surface area contributed by atoms with Crippen molar-refractivity contribution in [1.82, 2.24) is 25.0 Å². The molecule has 3 rings (SSSR count). The van der Waals surface area contributed by atoms with E-state index in [2.05, 4.69) is 20.7 Å². The average Bonchev–Trinajstić information content (AvgIpc) is 3.06. The highest BCUT2D eigenvalue weighted by molar-refractivity contribution is 5.79. The summed E-state index contributed by atoms with van der Waals surface area (Å²) in [6.45, 7) is 6.77. The molecule has 1 aliphatic rings. The predicted molar refractivity (Wildman–Crippen MR) is 114 cm³/mol. The molecule has 0 saturated carbocycles. The van der Waals surface area contributed by atoms with Gasteiger partial charge in [0, 0.05) is 32.6 Å². The van der Waals surface area contributed by atoms with E-state index in [0.717, 1.165) is 50.2 Å². The van der Waals surface area contributed by atoms with Crippen molar-refractivity contribution in [2.24, 2.45) is 4.99 Å². The fourth-order valence-electron chi connectivity index (χ4n) is 3.49. The van der Waals surface area contributed by atoms with Crippen LogP contribution in [0.1, 0.15) is 44.5 Å². The van der Waals surface area contributed by atoms with Crippen molar-refractivity contribution in [3.05, 3.63) is 52.2 Å². The fourth-order valence-corrected chi connectivity index (χ4v) is 3.49. The lowest BCUT2D eigenvalue weighted by molar-refractivity contribution is 0.0672. The predicted octanol–water partition coefficient (Wildman–Crippen LogP) is 1.23. The highest BCUT2D eigenvalue weighted by Gasteiger charge is 2.22. The van der Waals surface area contributed by atoms with Gasteiger partial charge in [-0.25, -0.2) is 14.5 Å². The number of guanidine groups is 1. The van der Waals surface area contributed by atoms with Gasteiger partial charge in [-0.2, -0.15) is 5.10 Å². The third-order valence-electron chi connectivity index (χ3n) is 5.16. The van der Waals surface area contributed by atoms with E-state index >= 15 is 0 Å². The van der Waals surface area contributed by atoms with Gasteiger partial charge < -0.3 is 15.7 Å². The lowest BCUT2D eigenvalue weighted by Crippen LogP contribution is -2.39. The number of hydrogen-bond acceptors (Lipinski definition) is 4. The van der Waals surface area contributed by atoms with Crippen molar-refractivity contribution in [3.63, 3.8) is 0 Å². The van der Waals surface area contributed by atoms with E-state index in [1.807, 2.05) is 37.3 Å². The molecule has 3 N–H and O–H groups in total. The van der Waals surface area contributed by atoms with Crippen LogP contribution in [0, 0.1) is 0 Å². The van der Waals surface area contributed by atoms with Crippen LogP contribution in [0.5, 0.6) is 0 Å². The molecular formula is C21H32N6O2. The second kappa shape index (κ2) is 9.73. The number of aliphatic hydroxyl groups is 1. The smallest absolute Gasteiger partial charge is 0.345 e. The summed E-state index contributed by atoms with van der Waals surface area (Å²) in [5.74, 6) is 1.56. The van der Waals surface area contributed by atoms with Crippen molar-refractivity contribution in [2.45, 2.75) is 58.2 Å². The second-order valence-corrected chi connectivity index (χ2v) is 7.65. The lowest BCUT2D eigenvalue weighted by Gasteiger charge is -2.22. The third kappa shape index (κ3) is 5.47. The van der Waals surface area contributed by atoms with Gasteiger partial charge in [-0.3, -0.25) is 4.57 Å². The SMILES string of the molecule is CCNC(=NCC(C)(O)c1ccccc1)NCCCn1nc2n(c1=O)CCCC2. The van der Waals surface area contributed by atoms with E-state index in [1.54, 1.807) is 16.2 Å². The Labute approximate surface area is 171 Å². The number of fused-ring (bicyclic) bond motifs is 1. The molecule has 1 atom stereocenters. The van der Waals surface area contributed by atoms with E-state index in [9.17, 15) is 9.90 Å². The molecule has 2 heterocycles. The van der Waals surface area contributed by atoms with E-state index < -0.39 is 5.60 Å². The van der Waals surface area contributed by atoms with Crippen LogP contribution < -0.4 is 16.3 Å². The van der Waals surface area contributed by atoms with Gasteiger partial charge in [0.15, 0.2) is 5.96 Å². The van der Waals surface area contributed by atoms with Crippen molar-refractivity contribution in [2.75, 3.05) is 19.6 Å². The monoisotopic (exact) mass is 400 g/mol. The topological polar surface area (TPSA) is 96.5 Å². The number of aromatic nitrogens is 3. The van der Waals surface area contributed by atoms with E-state index in [4.69, 9.17) is 0 Å². The summed E-state index contributed by atoms with van der Waals surface area (Å²) in [5.41, 5.74) is -0.200. The first-order valence-corrected chi connectivity index (χ1v) is 10.5. The molecule has 29 heavy (non-hydrogen) atoms. The maximum absolute atomic E-state index is 12.4. The highest BCUT2D eigenvalue weighted by atomic mass is 16.3. The van der Waals surface area contributed by atoms with Gasteiger partial charge in [-0.15, -0.1) is 0 Å². The first-order valence-electron chi connectivity index (χ1n) is 10.5. The Bertz CT molecular complexity index is 869. The van der Waals surface area contributed by atoms with Crippen LogP contribution in [0.25, 0.3) is 0 Å². The van der Waals surface area contributed by atoms with E-state index in [-0.39, 0.29) is 12.2 Å². The number of aliphatic imine (C=N–C) groups is 1. The van der Waals surface area contributed by atoms with Crippen LogP contribution in [0.2, 0.25) is 0 Å². The Hall–Kier alpha value is -2.61. The Kier molecular flexibility index (Phi) is 7.09. The highest BCUT2D eigenvalue weighted by Crippen LogP contribution is 2.20. The minimum Gasteiger partial charge on any atom is -0.384 e. The number of rotatable bonds is 8. The molecule has 0 aliphatic carbocycles. The Morgan fingerprint density at radius 1 is 1.28 bits per heavy atom. The van der Waals surface area contributed by atoms with E-state index in [0.29, 0.717) is 19.0 Å². The first-order chi connectivity index (χ1) is 14.0. The summed E-state index contributed by atoms with van der Waals surface area (Å²) in [7, 11) is 0. The summed E-state index contributed by atoms with van der Waals surface area (Å²) >= 11 is 0. The maximum atomic E-state index is 12.4. The van der Waals surface area contributed by atoms with Crippen molar-refractivity contribution >= 4 is 5.96 Å². The van der Waals surface area contributed by atoms with Gasteiger partial charge in [-0.05, 0) is 38.7 Å². The van der Waals surface area contributed by atoms with Crippen LogP contribution in [0.15, 0.2) is 40.1 Å². The molecule has 0 spiro atoms. The molecule has 1 aromatic carbocycles. The summed E-state index contributed by atoms with van der Waals surface area (Å²) in [4.78, 5) is 16.9.